The number of ether oxygens (including phenoxy) is 2. The predicted octanol–water partition coefficient (Wildman–Crippen LogP) is 4.08. The largest absolute Gasteiger partial charge is 0.493 e. The fourth-order valence-electron chi connectivity index (χ4n) is 1.53. The number of hydrogen-bond acceptors (Lipinski definition) is 2. The molecule has 2 aromatic carbocycles. The molecule has 2 aromatic rings. The molecule has 0 aromatic heterocycles. The Morgan fingerprint density at radius 3 is 2.00 bits per heavy atom. The lowest BCUT2D eigenvalue weighted by atomic mass is 10.2. The lowest BCUT2D eigenvalue weighted by Crippen LogP contribution is -1.98. The van der Waals surface area contributed by atoms with E-state index in [1.165, 1.54) is 5.56 Å². The number of benzene rings is 2. The van der Waals surface area contributed by atoms with Gasteiger partial charge in [0.2, 0.25) is 0 Å². The third-order valence-corrected chi connectivity index (χ3v) is 2.86. The molecule has 0 N–H and O–H groups in total. The lowest BCUT2D eigenvalue weighted by Gasteiger charge is -2.08. The molecule has 0 heterocycles. The zero-order valence-electron chi connectivity index (χ0n) is 10.0. The molecule has 0 aliphatic carbocycles. The highest BCUT2D eigenvalue weighted by Crippen LogP contribution is 2.18. The summed E-state index contributed by atoms with van der Waals surface area (Å²) < 4.78 is 12.2. The van der Waals surface area contributed by atoms with E-state index in [2.05, 4.69) is 34.7 Å². The second-order valence-electron chi connectivity index (χ2n) is 3.78. The maximum atomic E-state index is 5.69. The van der Waals surface area contributed by atoms with Crippen molar-refractivity contribution >= 4 is 22.6 Å². The molecule has 0 aliphatic rings. The van der Waals surface area contributed by atoms with Gasteiger partial charge >= 0.3 is 0 Å². The molecule has 2 nitrogen and oxygen atoms in total. The van der Waals surface area contributed by atoms with Crippen molar-refractivity contribution in [2.45, 2.75) is 6.61 Å². The topological polar surface area (TPSA) is 18.5 Å². The molecule has 0 aliphatic heterocycles. The molecule has 94 valence electrons. The van der Waals surface area contributed by atoms with Crippen LogP contribution in [0.5, 0.6) is 11.5 Å². The highest BCUT2D eigenvalue weighted by molar-refractivity contribution is 14.1. The van der Waals surface area contributed by atoms with Crippen molar-refractivity contribution in [2.75, 3.05) is 11.0 Å². The van der Waals surface area contributed by atoms with E-state index >= 15 is 0 Å². The predicted molar refractivity (Wildman–Crippen MR) is 81.6 cm³/mol. The average molecular weight is 354 g/mol. The Morgan fingerprint density at radius 2 is 1.39 bits per heavy atom. The molecule has 3 heteroatoms. The highest BCUT2D eigenvalue weighted by atomic mass is 127. The van der Waals surface area contributed by atoms with Crippen molar-refractivity contribution in [3.63, 3.8) is 0 Å². The summed E-state index contributed by atoms with van der Waals surface area (Å²) in [7, 11) is 0. The monoisotopic (exact) mass is 354 g/mol. The molecule has 0 radical (unpaired) electrons. The quantitative estimate of drug-likeness (QED) is 0.575. The van der Waals surface area contributed by atoms with E-state index in [4.69, 9.17) is 9.47 Å². The first-order valence-electron chi connectivity index (χ1n) is 5.84. The van der Waals surface area contributed by atoms with Crippen molar-refractivity contribution in [3.05, 3.63) is 60.2 Å². The van der Waals surface area contributed by atoms with E-state index in [1.54, 1.807) is 0 Å². The summed E-state index contributed by atoms with van der Waals surface area (Å²) >= 11 is 2.29. The Bertz CT molecular complexity index is 454. The molecule has 0 saturated carbocycles. The van der Waals surface area contributed by atoms with Gasteiger partial charge in [-0.3, -0.25) is 0 Å². The minimum absolute atomic E-state index is 0.592. The van der Waals surface area contributed by atoms with Crippen LogP contribution in [0.15, 0.2) is 54.6 Å². The normalized spacial score (nSPS) is 10.1. The van der Waals surface area contributed by atoms with Crippen LogP contribution in [-0.2, 0) is 6.61 Å². The summed E-state index contributed by atoms with van der Waals surface area (Å²) in [5, 5.41) is 0. The number of hydrogen-bond donors (Lipinski definition) is 0. The van der Waals surface area contributed by atoms with E-state index in [1.807, 2.05) is 42.5 Å². The number of rotatable bonds is 6. The third-order valence-electron chi connectivity index (χ3n) is 2.42. The van der Waals surface area contributed by atoms with Crippen molar-refractivity contribution in [2.24, 2.45) is 0 Å². The molecule has 0 bridgehead atoms. The number of halogens is 1. The molecule has 18 heavy (non-hydrogen) atoms. The molecule has 0 saturated heterocycles. The Labute approximate surface area is 121 Å². The first kappa shape index (κ1) is 13.2. The Hall–Kier alpha value is -1.23. The van der Waals surface area contributed by atoms with Crippen molar-refractivity contribution in [3.8, 4) is 11.5 Å². The zero-order valence-corrected chi connectivity index (χ0v) is 12.2. The standard InChI is InChI=1S/C15H15IO2/c16-10-11-17-14-6-8-15(9-7-14)18-12-13-4-2-1-3-5-13/h1-9H,10-12H2. The van der Waals surface area contributed by atoms with Gasteiger partial charge < -0.3 is 9.47 Å². The van der Waals surface area contributed by atoms with Crippen LogP contribution in [0.3, 0.4) is 0 Å². The van der Waals surface area contributed by atoms with Gasteiger partial charge in [0.05, 0.1) is 6.61 Å². The van der Waals surface area contributed by atoms with Crippen molar-refractivity contribution in [1.29, 1.82) is 0 Å². The zero-order chi connectivity index (χ0) is 12.6. The number of alkyl halides is 1. The van der Waals surface area contributed by atoms with E-state index < -0.39 is 0 Å². The second kappa shape index (κ2) is 7.26. The van der Waals surface area contributed by atoms with Gasteiger partial charge in [-0.15, -0.1) is 0 Å². The summed E-state index contributed by atoms with van der Waals surface area (Å²) in [6, 6.07) is 17.9. The van der Waals surface area contributed by atoms with Gasteiger partial charge in [0.25, 0.3) is 0 Å². The summed E-state index contributed by atoms with van der Waals surface area (Å²) in [5.74, 6) is 1.75. The first-order chi connectivity index (χ1) is 8.88. The van der Waals surface area contributed by atoms with Crippen LogP contribution >= 0.6 is 22.6 Å². The van der Waals surface area contributed by atoms with Crippen molar-refractivity contribution < 1.29 is 9.47 Å². The maximum absolute atomic E-state index is 5.69. The van der Waals surface area contributed by atoms with Crippen LogP contribution in [0.2, 0.25) is 0 Å². The van der Waals surface area contributed by atoms with Crippen LogP contribution in [0.25, 0.3) is 0 Å². The van der Waals surface area contributed by atoms with E-state index in [9.17, 15) is 0 Å². The molecule has 0 unspecified atom stereocenters. The van der Waals surface area contributed by atoms with Crippen LogP contribution in [0.4, 0.5) is 0 Å². The molecule has 0 fully saturated rings. The molecular weight excluding hydrogens is 339 g/mol. The molecule has 2 rings (SSSR count). The fourth-order valence-corrected chi connectivity index (χ4v) is 1.75. The van der Waals surface area contributed by atoms with Crippen LogP contribution < -0.4 is 9.47 Å². The molecule has 0 amide bonds. The van der Waals surface area contributed by atoms with Gasteiger partial charge in [0, 0.05) is 4.43 Å². The van der Waals surface area contributed by atoms with E-state index in [0.717, 1.165) is 22.5 Å². The van der Waals surface area contributed by atoms with Gasteiger partial charge in [-0.25, -0.2) is 0 Å². The second-order valence-corrected chi connectivity index (χ2v) is 4.86. The Balaban J connectivity index is 1.86. The molecular formula is C15H15IO2. The highest BCUT2D eigenvalue weighted by Gasteiger charge is 1.97. The summed E-state index contributed by atoms with van der Waals surface area (Å²) in [6.45, 7) is 1.33. The third kappa shape index (κ3) is 4.22. The summed E-state index contributed by atoms with van der Waals surface area (Å²) in [6.07, 6.45) is 0. The maximum Gasteiger partial charge on any atom is 0.120 e. The van der Waals surface area contributed by atoms with Crippen LogP contribution in [0, 0.1) is 0 Å². The first-order valence-corrected chi connectivity index (χ1v) is 7.36. The van der Waals surface area contributed by atoms with Gasteiger partial charge in [-0.1, -0.05) is 52.9 Å². The van der Waals surface area contributed by atoms with Crippen LogP contribution in [-0.4, -0.2) is 11.0 Å². The smallest absolute Gasteiger partial charge is 0.120 e. The summed E-state index contributed by atoms with van der Waals surface area (Å²) in [4.78, 5) is 0. The minimum Gasteiger partial charge on any atom is -0.493 e. The molecule has 0 spiro atoms. The minimum atomic E-state index is 0.592. The van der Waals surface area contributed by atoms with Gasteiger partial charge in [-0.2, -0.15) is 0 Å². The van der Waals surface area contributed by atoms with Crippen LogP contribution in [0.1, 0.15) is 5.56 Å². The van der Waals surface area contributed by atoms with E-state index in [0.29, 0.717) is 6.61 Å². The van der Waals surface area contributed by atoms with Gasteiger partial charge in [-0.05, 0) is 29.8 Å². The fraction of sp³-hybridized carbons (Fsp3) is 0.200. The van der Waals surface area contributed by atoms with Gasteiger partial charge in [0.15, 0.2) is 0 Å². The van der Waals surface area contributed by atoms with E-state index in [-0.39, 0.29) is 0 Å². The van der Waals surface area contributed by atoms with Gasteiger partial charge in [0.1, 0.15) is 18.1 Å². The molecule has 0 atom stereocenters. The SMILES string of the molecule is ICCOc1ccc(OCc2ccccc2)cc1. The average Bonchev–Trinajstić information content (AvgIpc) is 2.45. The Kier molecular flexibility index (Phi) is 5.33. The Morgan fingerprint density at radius 1 is 0.778 bits per heavy atom. The summed E-state index contributed by atoms with van der Waals surface area (Å²) in [5.41, 5.74) is 1.17. The van der Waals surface area contributed by atoms with Crippen molar-refractivity contribution in [1.82, 2.24) is 0 Å². The lowest BCUT2D eigenvalue weighted by molar-refractivity contribution is 0.304.